The molecule has 2 N–H and O–H groups in total. The minimum atomic E-state index is -4.30. The van der Waals surface area contributed by atoms with Crippen molar-refractivity contribution in [3.05, 3.63) is 0 Å². The van der Waals surface area contributed by atoms with Crippen molar-refractivity contribution in [3.63, 3.8) is 0 Å². The topological polar surface area (TPSA) is 81.1 Å². The molecule has 6 nitrogen and oxygen atoms in total. The summed E-state index contributed by atoms with van der Waals surface area (Å²) in [6.45, 7) is 3.83. The van der Waals surface area contributed by atoms with Gasteiger partial charge in [-0.3, -0.25) is 4.57 Å². The summed E-state index contributed by atoms with van der Waals surface area (Å²) in [5, 5.41) is 0. The van der Waals surface area contributed by atoms with E-state index in [0.717, 1.165) is 4.90 Å². The molecule has 0 bridgehead atoms. The van der Waals surface area contributed by atoms with Gasteiger partial charge in [-0.05, 0) is 0 Å². The molecule has 1 atom stereocenters. The Morgan fingerprint density at radius 1 is 1.40 bits per heavy atom. The number of carbonyl (C=O) groups is 1. The number of rotatable bonds is 1. The Kier molecular flexibility index (Phi) is 2.89. The first-order valence-corrected chi connectivity index (χ1v) is 6.28. The van der Waals surface area contributed by atoms with E-state index in [1.165, 1.54) is 11.9 Å². The lowest BCUT2D eigenvalue weighted by atomic mass is 9.90. The van der Waals surface area contributed by atoms with Crippen molar-refractivity contribution < 1.29 is 19.1 Å². The highest BCUT2D eigenvalue weighted by molar-refractivity contribution is 7.52. The highest BCUT2D eigenvalue weighted by Gasteiger charge is 2.51. The van der Waals surface area contributed by atoms with E-state index in [4.69, 9.17) is 0 Å². The van der Waals surface area contributed by atoms with Crippen molar-refractivity contribution in [2.75, 3.05) is 20.6 Å². The molecule has 1 aliphatic rings. The lowest BCUT2D eigenvalue weighted by Crippen LogP contribution is -2.59. The fourth-order valence-corrected chi connectivity index (χ4v) is 3.88. The average molecular weight is 236 g/mol. The number of nitrogens with zero attached hydrogens (tertiary/aromatic N) is 2. The molecule has 0 aromatic carbocycles. The smallest absolute Gasteiger partial charge is 0.327 e. The van der Waals surface area contributed by atoms with Crippen LogP contribution in [-0.4, -0.2) is 52.0 Å². The van der Waals surface area contributed by atoms with Crippen molar-refractivity contribution in [1.82, 2.24) is 9.80 Å². The van der Waals surface area contributed by atoms with Crippen LogP contribution in [0.4, 0.5) is 4.79 Å². The number of hydrogen-bond acceptors (Lipinski definition) is 2. The first-order chi connectivity index (χ1) is 6.57. The monoisotopic (exact) mass is 236 g/mol. The van der Waals surface area contributed by atoms with Crippen LogP contribution in [-0.2, 0) is 4.57 Å². The van der Waals surface area contributed by atoms with Crippen molar-refractivity contribution >= 4 is 13.6 Å². The van der Waals surface area contributed by atoms with Gasteiger partial charge in [0, 0.05) is 26.1 Å². The highest BCUT2D eigenvalue weighted by atomic mass is 31.2. The maximum Gasteiger partial charge on any atom is 0.348 e. The summed E-state index contributed by atoms with van der Waals surface area (Å²) >= 11 is 0. The summed E-state index contributed by atoms with van der Waals surface area (Å²) < 4.78 is 11.3. The van der Waals surface area contributed by atoms with E-state index in [1.807, 2.05) is 0 Å². The molecule has 0 aliphatic carbocycles. The molecule has 1 aliphatic heterocycles. The summed E-state index contributed by atoms with van der Waals surface area (Å²) in [4.78, 5) is 32.7. The van der Waals surface area contributed by atoms with E-state index in [-0.39, 0.29) is 6.03 Å². The predicted octanol–water partition coefficient (Wildman–Crippen LogP) is 0.514. The van der Waals surface area contributed by atoms with Crippen LogP contribution in [0.2, 0.25) is 0 Å². The van der Waals surface area contributed by atoms with Gasteiger partial charge in [0.2, 0.25) is 0 Å². The molecule has 1 rings (SSSR count). The first kappa shape index (κ1) is 12.5. The Morgan fingerprint density at radius 3 is 2.27 bits per heavy atom. The maximum absolute atomic E-state index is 11.6. The van der Waals surface area contributed by atoms with E-state index in [2.05, 4.69) is 0 Å². The van der Waals surface area contributed by atoms with Crippen LogP contribution in [0.15, 0.2) is 0 Å². The Morgan fingerprint density at radius 2 is 1.87 bits per heavy atom. The molecule has 15 heavy (non-hydrogen) atoms. The molecule has 1 fully saturated rings. The zero-order chi connectivity index (χ0) is 12.0. The first-order valence-electron chi connectivity index (χ1n) is 4.60. The van der Waals surface area contributed by atoms with Crippen molar-refractivity contribution in [2.24, 2.45) is 5.41 Å². The van der Waals surface area contributed by atoms with Crippen LogP contribution >= 0.6 is 7.60 Å². The zero-order valence-corrected chi connectivity index (χ0v) is 10.2. The summed E-state index contributed by atoms with van der Waals surface area (Å²) in [5.41, 5.74) is -0.629. The molecule has 2 amide bonds. The van der Waals surface area contributed by atoms with Gasteiger partial charge in [-0.1, -0.05) is 13.8 Å². The molecule has 0 spiro atoms. The number of hydrogen-bond donors (Lipinski definition) is 2. The molecule has 1 saturated heterocycles. The van der Waals surface area contributed by atoms with Crippen LogP contribution < -0.4 is 0 Å². The van der Waals surface area contributed by atoms with Crippen LogP contribution in [0.25, 0.3) is 0 Å². The van der Waals surface area contributed by atoms with E-state index >= 15 is 0 Å². The van der Waals surface area contributed by atoms with Gasteiger partial charge in [-0.15, -0.1) is 0 Å². The Labute approximate surface area is 89.0 Å². The average Bonchev–Trinajstić information content (AvgIpc) is 1.95. The Hall–Kier alpha value is -0.580. The maximum atomic E-state index is 11.6. The van der Waals surface area contributed by atoms with Crippen LogP contribution in [0, 0.1) is 5.41 Å². The molecule has 1 heterocycles. The lowest BCUT2D eigenvalue weighted by molar-refractivity contribution is 0.0652. The van der Waals surface area contributed by atoms with Gasteiger partial charge in [0.05, 0.1) is 0 Å². The van der Waals surface area contributed by atoms with Gasteiger partial charge in [0.1, 0.15) is 5.78 Å². The third-order valence-electron chi connectivity index (χ3n) is 2.66. The molecule has 0 aromatic heterocycles. The molecular formula is C8H17N2O4P. The second kappa shape index (κ2) is 3.47. The van der Waals surface area contributed by atoms with Gasteiger partial charge in [-0.2, -0.15) is 0 Å². The third-order valence-corrected chi connectivity index (χ3v) is 4.34. The van der Waals surface area contributed by atoms with Crippen LogP contribution in [0.3, 0.4) is 0 Å². The minimum Gasteiger partial charge on any atom is -0.327 e. The normalized spacial score (nSPS) is 27.1. The molecular weight excluding hydrogens is 219 g/mol. The van der Waals surface area contributed by atoms with E-state index in [9.17, 15) is 19.1 Å². The molecule has 88 valence electrons. The third kappa shape index (κ3) is 2.17. The zero-order valence-electron chi connectivity index (χ0n) is 9.34. The van der Waals surface area contributed by atoms with Crippen LogP contribution in [0.1, 0.15) is 13.8 Å². The van der Waals surface area contributed by atoms with Gasteiger partial charge >= 0.3 is 13.6 Å². The highest BCUT2D eigenvalue weighted by Crippen LogP contribution is 2.52. The second-order valence-electron chi connectivity index (χ2n) is 4.70. The van der Waals surface area contributed by atoms with E-state index in [1.54, 1.807) is 20.9 Å². The van der Waals surface area contributed by atoms with E-state index < -0.39 is 18.8 Å². The lowest BCUT2D eigenvalue weighted by Gasteiger charge is -2.47. The Balaban J connectivity index is 3.13. The molecule has 0 radical (unpaired) electrons. The quantitative estimate of drug-likeness (QED) is 0.650. The fraction of sp³-hybridized carbons (Fsp3) is 0.875. The minimum absolute atomic E-state index is 0.339. The second-order valence-corrected chi connectivity index (χ2v) is 6.37. The van der Waals surface area contributed by atoms with Gasteiger partial charge in [0.25, 0.3) is 0 Å². The van der Waals surface area contributed by atoms with Gasteiger partial charge in [0.15, 0.2) is 0 Å². The van der Waals surface area contributed by atoms with Gasteiger partial charge in [-0.25, -0.2) is 4.79 Å². The molecule has 7 heteroatoms. The molecule has 0 aromatic rings. The van der Waals surface area contributed by atoms with Crippen molar-refractivity contribution in [3.8, 4) is 0 Å². The molecule has 0 saturated carbocycles. The van der Waals surface area contributed by atoms with Crippen molar-refractivity contribution in [1.29, 1.82) is 0 Å². The number of carbonyl (C=O) groups excluding carboxylic acids is 1. The van der Waals surface area contributed by atoms with Crippen LogP contribution in [0.5, 0.6) is 0 Å². The molecule has 1 unspecified atom stereocenters. The fourth-order valence-electron chi connectivity index (χ4n) is 2.34. The number of amides is 2. The van der Waals surface area contributed by atoms with E-state index in [0.29, 0.717) is 6.54 Å². The Bertz CT molecular complexity index is 325. The van der Waals surface area contributed by atoms with Crippen molar-refractivity contribution in [2.45, 2.75) is 19.6 Å². The van der Waals surface area contributed by atoms with Gasteiger partial charge < -0.3 is 19.6 Å². The predicted molar refractivity (Wildman–Crippen MR) is 55.4 cm³/mol. The summed E-state index contributed by atoms with van der Waals surface area (Å²) in [6, 6.07) is -0.359. The SMILES string of the molecule is CN1CC(C)(C)C(P(=O)(O)O)N(C)C1=O. The standard InChI is InChI=1S/C8H17N2O4P/c1-8(2)5-9(3)7(11)10(4)6(8)15(12,13)14/h6H,5H2,1-4H3,(H2,12,13,14). The largest absolute Gasteiger partial charge is 0.348 e. The summed E-state index contributed by atoms with van der Waals surface area (Å²) in [7, 11) is -1.26. The summed E-state index contributed by atoms with van der Waals surface area (Å²) in [6.07, 6.45) is 0. The number of urea groups is 1. The summed E-state index contributed by atoms with van der Waals surface area (Å²) in [5.74, 6) is -1.05.